The highest BCUT2D eigenvalue weighted by Gasteiger charge is 2.28. The van der Waals surface area contributed by atoms with Gasteiger partial charge in [0.2, 0.25) is 0 Å². The summed E-state index contributed by atoms with van der Waals surface area (Å²) in [6.07, 6.45) is -0.754. The number of halogens is 3. The Morgan fingerprint density at radius 3 is 2.00 bits per heavy atom. The minimum Gasteiger partial charge on any atom is -0.378 e. The van der Waals surface area contributed by atoms with Crippen LogP contribution in [0.1, 0.15) is 10.4 Å². The van der Waals surface area contributed by atoms with Crippen molar-refractivity contribution < 1.29 is 23.9 Å². The lowest BCUT2D eigenvalue weighted by atomic mass is 10.1. The molecule has 0 aliphatic carbocycles. The van der Waals surface area contributed by atoms with E-state index in [0.29, 0.717) is 43.8 Å². The molecular weight excluding hydrogens is 453 g/mol. The monoisotopic (exact) mass is 473 g/mol. The second-order valence-corrected chi connectivity index (χ2v) is 6.67. The number of nitrogens with zero attached hydrogens (tertiary/aromatic N) is 1. The third kappa shape index (κ3) is 8.94. The summed E-state index contributed by atoms with van der Waals surface area (Å²) in [6.45, 7) is 2.03. The fourth-order valence-electron chi connectivity index (χ4n) is 2.01. The van der Waals surface area contributed by atoms with Crippen molar-refractivity contribution in [3.8, 4) is 0 Å². The molecule has 0 heterocycles. The van der Waals surface area contributed by atoms with Gasteiger partial charge in [0.05, 0.1) is 49.4 Å². The van der Waals surface area contributed by atoms with E-state index in [2.05, 4.69) is 15.9 Å². The second-order valence-electron chi connectivity index (χ2n) is 4.93. The largest absolute Gasteiger partial charge is 0.378 e. The number of nitro groups is 1. The van der Waals surface area contributed by atoms with Crippen molar-refractivity contribution >= 4 is 44.8 Å². The van der Waals surface area contributed by atoms with Crippen LogP contribution in [0, 0.1) is 10.1 Å². The van der Waals surface area contributed by atoms with E-state index in [9.17, 15) is 10.1 Å². The van der Waals surface area contributed by atoms with Crippen molar-refractivity contribution in [3.05, 3.63) is 39.9 Å². The van der Waals surface area contributed by atoms with Crippen LogP contribution in [-0.4, -0.2) is 62.6 Å². The number of hydrogen-bond donors (Lipinski definition) is 0. The quantitative estimate of drug-likeness (QED) is 0.126. The van der Waals surface area contributed by atoms with Gasteiger partial charge in [0.1, 0.15) is 0 Å². The van der Waals surface area contributed by atoms with Gasteiger partial charge in [-0.15, -0.1) is 23.2 Å². The highest BCUT2D eigenvalue weighted by Crippen LogP contribution is 2.35. The number of nitro benzene ring substituents is 1. The normalized spacial score (nSPS) is 12.5. The van der Waals surface area contributed by atoms with E-state index in [4.69, 9.17) is 42.1 Å². The summed E-state index contributed by atoms with van der Waals surface area (Å²) >= 11 is 14.6. The molecule has 0 spiro atoms. The van der Waals surface area contributed by atoms with Gasteiger partial charge in [-0.1, -0.05) is 34.1 Å². The van der Waals surface area contributed by atoms with E-state index in [1.165, 1.54) is 6.07 Å². The van der Waals surface area contributed by atoms with Crippen LogP contribution in [0.3, 0.4) is 0 Å². The number of para-hydroxylation sites is 1. The minimum absolute atomic E-state index is 0.0108. The summed E-state index contributed by atoms with van der Waals surface area (Å²) < 4.78 is 21.9. The molecule has 10 heteroatoms. The molecule has 1 unspecified atom stereocenters. The van der Waals surface area contributed by atoms with Crippen LogP contribution in [-0.2, 0) is 18.9 Å². The van der Waals surface area contributed by atoms with Gasteiger partial charge in [-0.05, 0) is 0 Å². The Morgan fingerprint density at radius 2 is 1.50 bits per heavy atom. The zero-order valence-electron chi connectivity index (χ0n) is 14.2. The first-order chi connectivity index (χ1) is 12.6. The van der Waals surface area contributed by atoms with Crippen LogP contribution >= 0.6 is 39.1 Å². The molecule has 7 nitrogen and oxygen atoms in total. The molecule has 0 aliphatic rings. The first-order valence-corrected chi connectivity index (χ1v) is 9.98. The molecule has 0 saturated heterocycles. The second kappa shape index (κ2) is 14.6. The van der Waals surface area contributed by atoms with Crippen LogP contribution in [0.25, 0.3) is 0 Å². The SMILES string of the molecule is O=[N+]([O-])c1ccccc1C(Br)C(OCCOCCCl)OCCOCCCl. The molecule has 0 radical (unpaired) electrons. The Hall–Kier alpha value is -0.480. The van der Waals surface area contributed by atoms with E-state index in [1.54, 1.807) is 18.2 Å². The molecule has 26 heavy (non-hydrogen) atoms. The molecule has 0 aromatic heterocycles. The van der Waals surface area contributed by atoms with Gasteiger partial charge in [-0.2, -0.15) is 0 Å². The molecule has 1 rings (SSSR count). The fourth-order valence-corrected chi connectivity index (χ4v) is 2.92. The Morgan fingerprint density at radius 1 is 0.962 bits per heavy atom. The summed E-state index contributed by atoms with van der Waals surface area (Å²) in [6, 6.07) is 6.43. The minimum atomic E-state index is -0.754. The van der Waals surface area contributed by atoms with Crippen LogP contribution in [0.4, 0.5) is 5.69 Å². The molecule has 148 valence electrons. The number of benzene rings is 1. The summed E-state index contributed by atoms with van der Waals surface area (Å²) in [5, 5.41) is 11.3. The molecule has 0 bridgehead atoms. The lowest BCUT2D eigenvalue weighted by molar-refractivity contribution is -0.385. The van der Waals surface area contributed by atoms with Gasteiger partial charge >= 0.3 is 0 Å². The van der Waals surface area contributed by atoms with Crippen molar-refractivity contribution in [2.45, 2.75) is 11.1 Å². The maximum atomic E-state index is 11.3. The molecule has 1 aromatic rings. The van der Waals surface area contributed by atoms with Crippen LogP contribution in [0.2, 0.25) is 0 Å². The topological polar surface area (TPSA) is 80.1 Å². The highest BCUT2D eigenvalue weighted by atomic mass is 79.9. The van der Waals surface area contributed by atoms with E-state index in [0.717, 1.165) is 0 Å². The fraction of sp³-hybridized carbons (Fsp3) is 0.625. The van der Waals surface area contributed by atoms with E-state index < -0.39 is 16.0 Å². The zero-order valence-corrected chi connectivity index (χ0v) is 17.2. The van der Waals surface area contributed by atoms with E-state index in [1.807, 2.05) is 0 Å². The smallest absolute Gasteiger partial charge is 0.273 e. The van der Waals surface area contributed by atoms with Gasteiger partial charge in [-0.25, -0.2) is 0 Å². The third-order valence-electron chi connectivity index (χ3n) is 3.13. The number of alkyl halides is 3. The number of ether oxygens (including phenoxy) is 4. The molecule has 1 atom stereocenters. The maximum Gasteiger partial charge on any atom is 0.273 e. The van der Waals surface area contributed by atoms with Gasteiger partial charge in [-0.3, -0.25) is 10.1 Å². The number of rotatable bonds is 15. The van der Waals surface area contributed by atoms with Crippen LogP contribution in [0.5, 0.6) is 0 Å². The van der Waals surface area contributed by atoms with Crippen molar-refractivity contribution in [1.29, 1.82) is 0 Å². The first kappa shape index (κ1) is 23.6. The van der Waals surface area contributed by atoms with E-state index >= 15 is 0 Å². The van der Waals surface area contributed by atoms with Gasteiger partial charge in [0, 0.05) is 23.4 Å². The maximum absolute atomic E-state index is 11.3. The van der Waals surface area contributed by atoms with Crippen LogP contribution < -0.4 is 0 Å². The lowest BCUT2D eigenvalue weighted by Crippen LogP contribution is -2.26. The summed E-state index contributed by atoms with van der Waals surface area (Å²) in [4.78, 5) is 10.3. The Kier molecular flexibility index (Phi) is 13.2. The average Bonchev–Trinajstić information content (AvgIpc) is 2.65. The lowest BCUT2D eigenvalue weighted by Gasteiger charge is -2.23. The van der Waals surface area contributed by atoms with Crippen molar-refractivity contribution in [1.82, 2.24) is 0 Å². The number of hydrogen-bond acceptors (Lipinski definition) is 6. The predicted molar refractivity (Wildman–Crippen MR) is 104 cm³/mol. The van der Waals surface area contributed by atoms with Crippen molar-refractivity contribution in [2.24, 2.45) is 0 Å². The Balaban J connectivity index is 2.70. The van der Waals surface area contributed by atoms with Gasteiger partial charge in [0.25, 0.3) is 5.69 Å². The summed E-state index contributed by atoms with van der Waals surface area (Å²) in [5.41, 5.74) is 0.453. The molecule has 0 N–H and O–H groups in total. The standard InChI is InChI=1S/C16H22BrCl2NO6/c17-15(13-3-1-2-4-14(13)20(21)22)16(25-11-9-23-7-5-18)26-12-10-24-8-6-19/h1-4,15-16H,5-12H2. The first-order valence-electron chi connectivity index (χ1n) is 7.99. The molecule has 0 amide bonds. The Bertz CT molecular complexity index is 511. The van der Waals surface area contributed by atoms with Crippen LogP contribution in [0.15, 0.2) is 24.3 Å². The van der Waals surface area contributed by atoms with Gasteiger partial charge < -0.3 is 18.9 Å². The molecular formula is C16H22BrCl2NO6. The molecule has 0 fully saturated rings. The Labute approximate surface area is 171 Å². The van der Waals surface area contributed by atoms with Gasteiger partial charge in [0.15, 0.2) is 6.29 Å². The molecule has 1 aromatic carbocycles. The predicted octanol–water partition coefficient (Wildman–Crippen LogP) is 3.90. The van der Waals surface area contributed by atoms with Crippen molar-refractivity contribution in [2.75, 3.05) is 51.4 Å². The van der Waals surface area contributed by atoms with Crippen molar-refractivity contribution in [3.63, 3.8) is 0 Å². The molecule has 0 saturated carbocycles. The zero-order chi connectivity index (χ0) is 19.2. The highest BCUT2D eigenvalue weighted by molar-refractivity contribution is 9.09. The van der Waals surface area contributed by atoms with E-state index in [-0.39, 0.29) is 18.9 Å². The third-order valence-corrected chi connectivity index (χ3v) is 4.37. The average molecular weight is 475 g/mol. The summed E-state index contributed by atoms with van der Waals surface area (Å²) in [5.74, 6) is 0.796. The molecule has 0 aliphatic heterocycles. The summed E-state index contributed by atoms with van der Waals surface area (Å²) in [7, 11) is 0.